The van der Waals surface area contributed by atoms with Crippen LogP contribution >= 0.6 is 0 Å². The van der Waals surface area contributed by atoms with Crippen LogP contribution in [0.4, 0.5) is 4.39 Å². The highest BCUT2D eigenvalue weighted by atomic mass is 19.1. The Morgan fingerprint density at radius 3 is 2.81 bits per heavy atom. The van der Waals surface area contributed by atoms with Crippen molar-refractivity contribution in [3.8, 4) is 0 Å². The maximum absolute atomic E-state index is 13.4. The summed E-state index contributed by atoms with van der Waals surface area (Å²) in [6.45, 7) is 1.07. The standard InChI is InChI=1S/C21H21FN2O3/c22-18-3-1-2-14(10-18)13-24-9-8-21(20(24)26)7-6-15-4-5-16(19(25)23-27)11-17(15)12-21/h1-5,10-11,27H,6-9,12-13H2,(H,23,25)/t21-/m1/s1. The molecule has 27 heavy (non-hydrogen) atoms. The van der Waals surface area contributed by atoms with E-state index in [0.717, 1.165) is 36.0 Å². The lowest BCUT2D eigenvalue weighted by Gasteiger charge is -2.33. The molecule has 6 heteroatoms. The van der Waals surface area contributed by atoms with Gasteiger partial charge in [-0.25, -0.2) is 9.87 Å². The van der Waals surface area contributed by atoms with Gasteiger partial charge >= 0.3 is 0 Å². The molecule has 4 rings (SSSR count). The Morgan fingerprint density at radius 2 is 2.04 bits per heavy atom. The van der Waals surface area contributed by atoms with Crippen LogP contribution in [-0.2, 0) is 24.2 Å². The highest BCUT2D eigenvalue weighted by molar-refractivity contribution is 5.93. The highest BCUT2D eigenvalue weighted by Gasteiger charge is 2.48. The number of aryl methyl sites for hydroxylation is 1. The fourth-order valence-corrected chi connectivity index (χ4v) is 4.36. The third-order valence-corrected chi connectivity index (χ3v) is 5.84. The van der Waals surface area contributed by atoms with Gasteiger partial charge in [0.2, 0.25) is 5.91 Å². The van der Waals surface area contributed by atoms with Crippen LogP contribution in [0, 0.1) is 11.2 Å². The largest absolute Gasteiger partial charge is 0.338 e. The Balaban J connectivity index is 1.55. The second-order valence-corrected chi connectivity index (χ2v) is 7.49. The number of likely N-dealkylation sites (tertiary alicyclic amines) is 1. The molecule has 2 aliphatic rings. The van der Waals surface area contributed by atoms with Crippen molar-refractivity contribution in [3.63, 3.8) is 0 Å². The van der Waals surface area contributed by atoms with Gasteiger partial charge in [0.1, 0.15) is 5.82 Å². The maximum Gasteiger partial charge on any atom is 0.274 e. The first-order valence-corrected chi connectivity index (χ1v) is 9.11. The summed E-state index contributed by atoms with van der Waals surface area (Å²) in [7, 11) is 0. The van der Waals surface area contributed by atoms with Crippen molar-refractivity contribution in [1.82, 2.24) is 10.4 Å². The number of hydrogen-bond donors (Lipinski definition) is 2. The zero-order chi connectivity index (χ0) is 19.0. The number of halogens is 1. The van der Waals surface area contributed by atoms with Crippen molar-refractivity contribution >= 4 is 11.8 Å². The second-order valence-electron chi connectivity index (χ2n) is 7.49. The number of fused-ring (bicyclic) bond motifs is 1. The molecule has 1 saturated heterocycles. The lowest BCUT2D eigenvalue weighted by molar-refractivity contribution is -0.137. The van der Waals surface area contributed by atoms with E-state index in [1.807, 2.05) is 17.0 Å². The normalized spacial score (nSPS) is 21.4. The number of rotatable bonds is 3. The number of benzene rings is 2. The average molecular weight is 368 g/mol. The number of carbonyl (C=O) groups excluding carboxylic acids is 2. The van der Waals surface area contributed by atoms with Crippen molar-refractivity contribution < 1.29 is 19.2 Å². The summed E-state index contributed by atoms with van der Waals surface area (Å²) in [4.78, 5) is 26.7. The topological polar surface area (TPSA) is 69.6 Å². The van der Waals surface area contributed by atoms with E-state index in [4.69, 9.17) is 5.21 Å². The minimum atomic E-state index is -0.553. The number of hydroxylamine groups is 1. The van der Waals surface area contributed by atoms with Gasteiger partial charge in [-0.3, -0.25) is 14.8 Å². The molecule has 0 unspecified atom stereocenters. The van der Waals surface area contributed by atoms with E-state index >= 15 is 0 Å². The summed E-state index contributed by atoms with van der Waals surface area (Å²) in [6, 6.07) is 11.7. The summed E-state index contributed by atoms with van der Waals surface area (Å²) < 4.78 is 13.4. The van der Waals surface area contributed by atoms with Crippen LogP contribution in [0.25, 0.3) is 0 Å². The van der Waals surface area contributed by atoms with Crippen molar-refractivity contribution in [3.05, 3.63) is 70.5 Å². The molecule has 2 N–H and O–H groups in total. The molecule has 140 valence electrons. The van der Waals surface area contributed by atoms with Gasteiger partial charge in [0.15, 0.2) is 0 Å². The van der Waals surface area contributed by atoms with Crippen LogP contribution in [0.5, 0.6) is 0 Å². The zero-order valence-electron chi connectivity index (χ0n) is 14.9. The van der Waals surface area contributed by atoms with Gasteiger partial charge in [0, 0.05) is 18.7 Å². The van der Waals surface area contributed by atoms with E-state index in [0.29, 0.717) is 25.1 Å². The summed E-state index contributed by atoms with van der Waals surface area (Å²) in [6.07, 6.45) is 2.92. The van der Waals surface area contributed by atoms with E-state index < -0.39 is 11.3 Å². The van der Waals surface area contributed by atoms with Crippen LogP contribution in [0.1, 0.15) is 39.9 Å². The minimum absolute atomic E-state index is 0.106. The Labute approximate surface area is 156 Å². The van der Waals surface area contributed by atoms with E-state index in [9.17, 15) is 14.0 Å². The molecular weight excluding hydrogens is 347 g/mol. The summed E-state index contributed by atoms with van der Waals surface area (Å²) in [5, 5.41) is 8.85. The highest BCUT2D eigenvalue weighted by Crippen LogP contribution is 2.44. The summed E-state index contributed by atoms with van der Waals surface area (Å²) in [5.41, 5.74) is 4.51. The molecule has 1 spiro atoms. The van der Waals surface area contributed by atoms with E-state index in [1.54, 1.807) is 23.7 Å². The summed E-state index contributed by atoms with van der Waals surface area (Å²) in [5.74, 6) is -0.743. The molecule has 0 saturated carbocycles. The quantitative estimate of drug-likeness (QED) is 0.647. The van der Waals surface area contributed by atoms with Gasteiger partial charge < -0.3 is 4.90 Å². The molecule has 0 bridgehead atoms. The first-order valence-electron chi connectivity index (χ1n) is 9.11. The lowest BCUT2D eigenvalue weighted by Crippen LogP contribution is -2.38. The fraction of sp³-hybridized carbons (Fsp3) is 0.333. The molecule has 2 amide bonds. The molecule has 1 fully saturated rings. The van der Waals surface area contributed by atoms with Gasteiger partial charge in [0.05, 0.1) is 5.41 Å². The van der Waals surface area contributed by atoms with Crippen LogP contribution in [0.15, 0.2) is 42.5 Å². The number of hydrogen-bond acceptors (Lipinski definition) is 3. The SMILES string of the molecule is O=C(NO)c1ccc2c(c1)C[C@@]1(CC2)CCN(Cc2cccc(F)c2)C1=O. The Bertz CT molecular complexity index is 914. The van der Waals surface area contributed by atoms with E-state index in [-0.39, 0.29) is 11.7 Å². The van der Waals surface area contributed by atoms with Crippen molar-refractivity contribution in [2.24, 2.45) is 5.41 Å². The smallest absolute Gasteiger partial charge is 0.274 e. The molecular formula is C21H21FN2O3. The Hall–Kier alpha value is -2.73. The number of amides is 2. The van der Waals surface area contributed by atoms with Crippen LogP contribution < -0.4 is 5.48 Å². The number of nitrogens with zero attached hydrogens (tertiary/aromatic N) is 1. The Kier molecular flexibility index (Phi) is 4.44. The van der Waals surface area contributed by atoms with E-state index in [1.165, 1.54) is 12.1 Å². The van der Waals surface area contributed by atoms with Gasteiger partial charge in [-0.15, -0.1) is 0 Å². The number of carbonyl (C=O) groups is 2. The fourth-order valence-electron chi connectivity index (χ4n) is 4.36. The molecule has 1 aliphatic carbocycles. The van der Waals surface area contributed by atoms with Crippen molar-refractivity contribution in [2.45, 2.75) is 32.2 Å². The third kappa shape index (κ3) is 3.21. The monoisotopic (exact) mass is 368 g/mol. The van der Waals surface area contributed by atoms with Gasteiger partial charge in [-0.05, 0) is 66.6 Å². The third-order valence-electron chi connectivity index (χ3n) is 5.84. The average Bonchev–Trinajstić information content (AvgIpc) is 2.96. The van der Waals surface area contributed by atoms with Gasteiger partial charge in [0.25, 0.3) is 5.91 Å². The first kappa shape index (κ1) is 17.7. The Morgan fingerprint density at radius 1 is 1.19 bits per heavy atom. The van der Waals surface area contributed by atoms with E-state index in [2.05, 4.69) is 0 Å². The van der Waals surface area contributed by atoms with Crippen LogP contribution in [-0.4, -0.2) is 28.5 Å². The van der Waals surface area contributed by atoms with Crippen LogP contribution in [0.3, 0.4) is 0 Å². The molecule has 5 nitrogen and oxygen atoms in total. The predicted molar refractivity (Wildman–Crippen MR) is 96.6 cm³/mol. The molecule has 0 radical (unpaired) electrons. The molecule has 1 heterocycles. The van der Waals surface area contributed by atoms with Gasteiger partial charge in [-0.2, -0.15) is 0 Å². The van der Waals surface area contributed by atoms with Gasteiger partial charge in [-0.1, -0.05) is 18.2 Å². The molecule has 2 aromatic rings. The summed E-state index contributed by atoms with van der Waals surface area (Å²) >= 11 is 0. The predicted octanol–water partition coefficient (Wildman–Crippen LogP) is 2.85. The lowest BCUT2D eigenvalue weighted by atomic mass is 9.70. The second kappa shape index (κ2) is 6.78. The first-order chi connectivity index (χ1) is 13.0. The molecule has 1 atom stereocenters. The maximum atomic E-state index is 13.4. The zero-order valence-corrected chi connectivity index (χ0v) is 14.9. The molecule has 0 aromatic heterocycles. The minimum Gasteiger partial charge on any atom is -0.338 e. The van der Waals surface area contributed by atoms with Crippen molar-refractivity contribution in [2.75, 3.05) is 6.54 Å². The van der Waals surface area contributed by atoms with Crippen molar-refractivity contribution in [1.29, 1.82) is 0 Å². The molecule has 1 aliphatic heterocycles. The number of nitrogens with one attached hydrogen (secondary N) is 1. The van der Waals surface area contributed by atoms with Crippen LogP contribution in [0.2, 0.25) is 0 Å². The molecule has 2 aromatic carbocycles.